The van der Waals surface area contributed by atoms with Gasteiger partial charge >= 0.3 is 0 Å². The number of nitrogens with zero attached hydrogens (tertiary/aromatic N) is 1. The van der Waals surface area contributed by atoms with E-state index in [2.05, 4.69) is 5.16 Å². The van der Waals surface area contributed by atoms with E-state index < -0.39 is 0 Å². The van der Waals surface area contributed by atoms with Crippen LogP contribution in [0.3, 0.4) is 0 Å². The Kier molecular flexibility index (Phi) is 4.19. The summed E-state index contributed by atoms with van der Waals surface area (Å²) in [5, 5.41) is 3.94. The van der Waals surface area contributed by atoms with Crippen LogP contribution < -0.4 is 14.2 Å². The Balaban J connectivity index is 2.15. The van der Waals surface area contributed by atoms with Crippen LogP contribution in [-0.2, 0) is 0 Å². The van der Waals surface area contributed by atoms with Crippen LogP contribution in [0, 0.1) is 0 Å². The molecule has 118 valence electrons. The molecule has 1 heterocycles. The van der Waals surface area contributed by atoms with Crippen LogP contribution in [-0.4, -0.2) is 26.5 Å². The minimum absolute atomic E-state index is 0.552. The van der Waals surface area contributed by atoms with Gasteiger partial charge in [0, 0.05) is 11.1 Å². The van der Waals surface area contributed by atoms with Gasteiger partial charge in [-0.25, -0.2) is 0 Å². The highest BCUT2D eigenvalue weighted by molar-refractivity contribution is 5.81. The molecule has 0 atom stereocenters. The fourth-order valence-corrected chi connectivity index (χ4v) is 2.48. The van der Waals surface area contributed by atoms with E-state index in [1.165, 1.54) is 0 Å². The molecule has 0 fully saturated rings. The molecular weight excluding hydrogens is 294 g/mol. The van der Waals surface area contributed by atoms with Crippen LogP contribution in [0.4, 0.5) is 0 Å². The molecule has 3 rings (SSSR count). The summed E-state index contributed by atoms with van der Waals surface area (Å²) in [7, 11) is 4.76. The number of rotatable bonds is 5. The van der Waals surface area contributed by atoms with Gasteiger partial charge in [-0.1, -0.05) is 35.5 Å². The standard InChI is InChI=1S/C18H17NO4/c1-20-15-9-13(10-16(21-2)18(15)22-3)14-11-19-23-17(14)12-7-5-4-6-8-12/h4-11H,1-3H3. The van der Waals surface area contributed by atoms with Gasteiger partial charge in [0.1, 0.15) is 0 Å². The lowest BCUT2D eigenvalue weighted by Gasteiger charge is -2.14. The third kappa shape index (κ3) is 2.73. The van der Waals surface area contributed by atoms with Crippen LogP contribution >= 0.6 is 0 Å². The highest BCUT2D eigenvalue weighted by Gasteiger charge is 2.18. The van der Waals surface area contributed by atoms with Gasteiger partial charge < -0.3 is 18.7 Å². The van der Waals surface area contributed by atoms with E-state index in [4.69, 9.17) is 18.7 Å². The summed E-state index contributed by atoms with van der Waals surface area (Å²) in [4.78, 5) is 0. The fraction of sp³-hybridized carbons (Fsp3) is 0.167. The van der Waals surface area contributed by atoms with Crippen molar-refractivity contribution in [3.05, 3.63) is 48.7 Å². The highest BCUT2D eigenvalue weighted by Crippen LogP contribution is 2.43. The number of hydrogen-bond acceptors (Lipinski definition) is 5. The molecule has 0 N–H and O–H groups in total. The Morgan fingerprint density at radius 1 is 0.826 bits per heavy atom. The maximum atomic E-state index is 5.45. The lowest BCUT2D eigenvalue weighted by Crippen LogP contribution is -1.95. The van der Waals surface area contributed by atoms with Crippen LogP contribution in [0.2, 0.25) is 0 Å². The number of hydrogen-bond donors (Lipinski definition) is 0. The molecule has 0 radical (unpaired) electrons. The topological polar surface area (TPSA) is 53.7 Å². The Labute approximate surface area is 134 Å². The van der Waals surface area contributed by atoms with Gasteiger partial charge in [-0.2, -0.15) is 0 Å². The molecule has 5 heteroatoms. The predicted molar refractivity (Wildman–Crippen MR) is 87.0 cm³/mol. The van der Waals surface area contributed by atoms with Crippen LogP contribution in [0.1, 0.15) is 0 Å². The van der Waals surface area contributed by atoms with E-state index in [1.807, 2.05) is 42.5 Å². The van der Waals surface area contributed by atoms with Crippen molar-refractivity contribution >= 4 is 0 Å². The van der Waals surface area contributed by atoms with Crippen molar-refractivity contribution < 1.29 is 18.7 Å². The van der Waals surface area contributed by atoms with Gasteiger partial charge in [-0.05, 0) is 17.7 Å². The molecule has 0 aliphatic heterocycles. The predicted octanol–water partition coefficient (Wildman–Crippen LogP) is 4.03. The first kappa shape index (κ1) is 15.0. The first-order valence-electron chi connectivity index (χ1n) is 7.09. The zero-order valence-corrected chi connectivity index (χ0v) is 13.2. The molecule has 0 aliphatic rings. The van der Waals surface area contributed by atoms with E-state index in [1.54, 1.807) is 27.5 Å². The number of methoxy groups -OCH3 is 3. The summed E-state index contributed by atoms with van der Waals surface area (Å²) in [6.45, 7) is 0. The summed E-state index contributed by atoms with van der Waals surface area (Å²) in [6, 6.07) is 13.6. The monoisotopic (exact) mass is 311 g/mol. The summed E-state index contributed by atoms with van der Waals surface area (Å²) in [6.07, 6.45) is 1.68. The number of benzene rings is 2. The van der Waals surface area contributed by atoms with Gasteiger partial charge in [-0.3, -0.25) is 0 Å². The van der Waals surface area contributed by atoms with Gasteiger partial charge in [0.25, 0.3) is 0 Å². The van der Waals surface area contributed by atoms with Crippen molar-refractivity contribution in [2.24, 2.45) is 0 Å². The van der Waals surface area contributed by atoms with Crippen LogP contribution in [0.5, 0.6) is 17.2 Å². The number of ether oxygens (including phenoxy) is 3. The summed E-state index contributed by atoms with van der Waals surface area (Å²) in [5.74, 6) is 2.42. The normalized spacial score (nSPS) is 10.4. The van der Waals surface area contributed by atoms with Gasteiger partial charge in [0.15, 0.2) is 17.3 Å². The zero-order chi connectivity index (χ0) is 16.2. The third-order valence-corrected chi connectivity index (χ3v) is 3.58. The van der Waals surface area contributed by atoms with Crippen molar-refractivity contribution in [1.29, 1.82) is 0 Å². The molecule has 0 saturated carbocycles. The lowest BCUT2D eigenvalue weighted by atomic mass is 10.0. The zero-order valence-electron chi connectivity index (χ0n) is 13.2. The second-order valence-corrected chi connectivity index (χ2v) is 4.85. The maximum absolute atomic E-state index is 5.45. The van der Waals surface area contributed by atoms with Gasteiger partial charge in [-0.15, -0.1) is 0 Å². The van der Waals surface area contributed by atoms with Crippen molar-refractivity contribution in [2.75, 3.05) is 21.3 Å². The first-order chi connectivity index (χ1) is 11.3. The molecule has 0 aliphatic carbocycles. The minimum Gasteiger partial charge on any atom is -0.493 e. The van der Waals surface area contributed by atoms with E-state index in [-0.39, 0.29) is 0 Å². The average Bonchev–Trinajstić information content (AvgIpc) is 3.10. The van der Waals surface area contributed by atoms with Crippen LogP contribution in [0.15, 0.2) is 53.2 Å². The van der Waals surface area contributed by atoms with Crippen molar-refractivity contribution in [1.82, 2.24) is 5.16 Å². The largest absolute Gasteiger partial charge is 0.493 e. The Morgan fingerprint density at radius 2 is 1.48 bits per heavy atom. The Bertz CT molecular complexity index is 771. The van der Waals surface area contributed by atoms with E-state index in [0.29, 0.717) is 23.0 Å². The second-order valence-electron chi connectivity index (χ2n) is 4.85. The first-order valence-corrected chi connectivity index (χ1v) is 7.09. The summed E-state index contributed by atoms with van der Waals surface area (Å²) < 4.78 is 21.6. The van der Waals surface area contributed by atoms with Gasteiger partial charge in [0.05, 0.1) is 27.5 Å². The second kappa shape index (κ2) is 6.44. The fourth-order valence-electron chi connectivity index (χ4n) is 2.48. The van der Waals surface area contributed by atoms with Crippen molar-refractivity contribution in [3.63, 3.8) is 0 Å². The molecule has 3 aromatic rings. The van der Waals surface area contributed by atoms with E-state index >= 15 is 0 Å². The lowest BCUT2D eigenvalue weighted by molar-refractivity contribution is 0.324. The molecule has 0 saturated heterocycles. The molecule has 0 unspecified atom stereocenters. The molecule has 23 heavy (non-hydrogen) atoms. The SMILES string of the molecule is COc1cc(-c2cnoc2-c2ccccc2)cc(OC)c1OC. The van der Waals surface area contributed by atoms with Crippen molar-refractivity contribution in [3.8, 4) is 39.7 Å². The molecular formula is C18H17NO4. The quantitative estimate of drug-likeness (QED) is 0.712. The van der Waals surface area contributed by atoms with Crippen LogP contribution in [0.25, 0.3) is 22.5 Å². The molecule has 2 aromatic carbocycles. The minimum atomic E-state index is 0.552. The van der Waals surface area contributed by atoms with Crippen molar-refractivity contribution in [2.45, 2.75) is 0 Å². The Hall–Kier alpha value is -2.95. The Morgan fingerprint density at radius 3 is 2.04 bits per heavy atom. The average molecular weight is 311 g/mol. The smallest absolute Gasteiger partial charge is 0.203 e. The molecule has 0 amide bonds. The molecule has 1 aromatic heterocycles. The van der Waals surface area contributed by atoms with E-state index in [9.17, 15) is 0 Å². The van der Waals surface area contributed by atoms with Gasteiger partial charge in [0.2, 0.25) is 5.75 Å². The molecule has 0 bridgehead atoms. The highest BCUT2D eigenvalue weighted by atomic mass is 16.5. The molecule has 5 nitrogen and oxygen atoms in total. The molecule has 0 spiro atoms. The summed E-state index contributed by atoms with van der Waals surface area (Å²) >= 11 is 0. The van der Waals surface area contributed by atoms with E-state index in [0.717, 1.165) is 16.7 Å². The number of aromatic nitrogens is 1. The third-order valence-electron chi connectivity index (χ3n) is 3.58. The maximum Gasteiger partial charge on any atom is 0.203 e. The summed E-state index contributed by atoms with van der Waals surface area (Å²) in [5.41, 5.74) is 2.68.